The molecular weight excluding hydrogens is 661 g/mol. The van der Waals surface area contributed by atoms with Gasteiger partial charge in [-0.2, -0.15) is 0 Å². The van der Waals surface area contributed by atoms with E-state index in [1.807, 2.05) is 72.8 Å². The van der Waals surface area contributed by atoms with Gasteiger partial charge in [0.25, 0.3) is 0 Å². The SMILES string of the molecule is c1ccc(-c2nc(-c3ccccc3)nc(-c3cccc(-n4c5ccc(-c6ccc7oc8ccccc8c7c6)cc5c5c6ccccc6ccc54)c3)n2)cc1. The first-order valence-corrected chi connectivity index (χ1v) is 18.1. The van der Waals surface area contributed by atoms with E-state index in [0.29, 0.717) is 17.5 Å². The van der Waals surface area contributed by atoms with Crippen LogP contribution in [0.2, 0.25) is 0 Å². The lowest BCUT2D eigenvalue weighted by Gasteiger charge is -2.12. The van der Waals surface area contributed by atoms with Crippen molar-refractivity contribution in [3.8, 4) is 51.0 Å². The minimum Gasteiger partial charge on any atom is -0.456 e. The molecular formula is C49H30N4O. The van der Waals surface area contributed by atoms with Crippen LogP contribution in [0.5, 0.6) is 0 Å². The molecule has 0 aliphatic rings. The molecule has 0 saturated heterocycles. The minimum atomic E-state index is 0.625. The van der Waals surface area contributed by atoms with E-state index < -0.39 is 0 Å². The molecule has 0 amide bonds. The summed E-state index contributed by atoms with van der Waals surface area (Å²) in [4.78, 5) is 15.0. The maximum Gasteiger partial charge on any atom is 0.164 e. The number of benzene rings is 8. The van der Waals surface area contributed by atoms with Crippen molar-refractivity contribution in [1.29, 1.82) is 0 Å². The van der Waals surface area contributed by atoms with Crippen molar-refractivity contribution in [1.82, 2.24) is 19.5 Å². The molecule has 0 aliphatic heterocycles. The molecule has 11 aromatic rings. The van der Waals surface area contributed by atoms with Gasteiger partial charge in [0.1, 0.15) is 11.2 Å². The number of aromatic nitrogens is 4. The Kier molecular flexibility index (Phi) is 6.79. The number of nitrogens with zero attached hydrogens (tertiary/aromatic N) is 4. The van der Waals surface area contributed by atoms with E-state index in [1.165, 1.54) is 21.5 Å². The number of furan rings is 1. The zero-order chi connectivity index (χ0) is 35.6. The Balaban J connectivity index is 1.11. The summed E-state index contributed by atoms with van der Waals surface area (Å²) in [6.07, 6.45) is 0. The first-order valence-electron chi connectivity index (χ1n) is 18.1. The van der Waals surface area contributed by atoms with Crippen LogP contribution in [0, 0.1) is 0 Å². The van der Waals surface area contributed by atoms with Crippen LogP contribution in [-0.2, 0) is 0 Å². The molecule has 5 nitrogen and oxygen atoms in total. The van der Waals surface area contributed by atoms with E-state index >= 15 is 0 Å². The summed E-state index contributed by atoms with van der Waals surface area (Å²) in [5.41, 5.74) is 10.2. The second-order valence-corrected chi connectivity index (χ2v) is 13.6. The molecule has 0 saturated carbocycles. The van der Waals surface area contributed by atoms with Crippen LogP contribution in [0.15, 0.2) is 186 Å². The van der Waals surface area contributed by atoms with Crippen LogP contribution in [-0.4, -0.2) is 19.5 Å². The van der Waals surface area contributed by atoms with Gasteiger partial charge in [0.15, 0.2) is 17.5 Å². The number of hydrogen-bond donors (Lipinski definition) is 0. The van der Waals surface area contributed by atoms with Gasteiger partial charge >= 0.3 is 0 Å². The topological polar surface area (TPSA) is 56.7 Å². The van der Waals surface area contributed by atoms with Gasteiger partial charge in [0, 0.05) is 43.9 Å². The van der Waals surface area contributed by atoms with Crippen molar-refractivity contribution in [3.05, 3.63) is 182 Å². The molecule has 5 heteroatoms. The van der Waals surface area contributed by atoms with Crippen LogP contribution >= 0.6 is 0 Å². The second-order valence-electron chi connectivity index (χ2n) is 13.6. The van der Waals surface area contributed by atoms with Crippen molar-refractivity contribution in [2.45, 2.75) is 0 Å². The largest absolute Gasteiger partial charge is 0.456 e. The summed E-state index contributed by atoms with van der Waals surface area (Å²) in [5, 5.41) is 7.10. The molecule has 0 atom stereocenters. The van der Waals surface area contributed by atoms with E-state index in [-0.39, 0.29) is 0 Å². The molecule has 8 aromatic carbocycles. The van der Waals surface area contributed by atoms with Crippen LogP contribution in [0.1, 0.15) is 0 Å². The second kappa shape index (κ2) is 12.1. The maximum absolute atomic E-state index is 6.16. The summed E-state index contributed by atoms with van der Waals surface area (Å²) < 4.78 is 8.53. The summed E-state index contributed by atoms with van der Waals surface area (Å²) in [6, 6.07) is 63.5. The summed E-state index contributed by atoms with van der Waals surface area (Å²) in [6.45, 7) is 0. The fourth-order valence-corrected chi connectivity index (χ4v) is 7.88. The van der Waals surface area contributed by atoms with E-state index in [0.717, 1.165) is 66.5 Å². The quantitative estimate of drug-likeness (QED) is 0.180. The fourth-order valence-electron chi connectivity index (χ4n) is 7.88. The van der Waals surface area contributed by atoms with Gasteiger partial charge in [-0.25, -0.2) is 15.0 Å². The molecule has 0 bridgehead atoms. The monoisotopic (exact) mass is 690 g/mol. The molecule has 252 valence electrons. The van der Waals surface area contributed by atoms with E-state index in [4.69, 9.17) is 19.4 Å². The molecule has 0 unspecified atom stereocenters. The number of hydrogen-bond acceptors (Lipinski definition) is 4. The molecule has 54 heavy (non-hydrogen) atoms. The smallest absolute Gasteiger partial charge is 0.164 e. The van der Waals surface area contributed by atoms with Crippen molar-refractivity contribution < 1.29 is 4.42 Å². The predicted molar refractivity (Wildman–Crippen MR) is 221 cm³/mol. The third-order valence-electron chi connectivity index (χ3n) is 10.4. The van der Waals surface area contributed by atoms with Crippen molar-refractivity contribution in [3.63, 3.8) is 0 Å². The first kappa shape index (κ1) is 30.3. The van der Waals surface area contributed by atoms with Gasteiger partial charge in [0.05, 0.1) is 11.0 Å². The highest BCUT2D eigenvalue weighted by Crippen LogP contribution is 2.40. The predicted octanol–water partition coefficient (Wildman–Crippen LogP) is 12.7. The lowest BCUT2D eigenvalue weighted by molar-refractivity contribution is 0.669. The highest BCUT2D eigenvalue weighted by atomic mass is 16.3. The molecule has 0 fully saturated rings. The van der Waals surface area contributed by atoms with Crippen LogP contribution < -0.4 is 0 Å². The third-order valence-corrected chi connectivity index (χ3v) is 10.4. The van der Waals surface area contributed by atoms with Crippen molar-refractivity contribution in [2.24, 2.45) is 0 Å². The molecule has 11 rings (SSSR count). The Morgan fingerprint density at radius 1 is 0.352 bits per heavy atom. The lowest BCUT2D eigenvalue weighted by Crippen LogP contribution is -2.01. The third kappa shape index (κ3) is 4.90. The number of fused-ring (bicyclic) bond motifs is 8. The van der Waals surface area contributed by atoms with Gasteiger partial charge in [-0.1, -0.05) is 133 Å². The van der Waals surface area contributed by atoms with Crippen LogP contribution in [0.4, 0.5) is 0 Å². The molecule has 0 N–H and O–H groups in total. The maximum atomic E-state index is 6.16. The Morgan fingerprint density at radius 2 is 0.926 bits per heavy atom. The summed E-state index contributed by atoms with van der Waals surface area (Å²) in [7, 11) is 0. The average Bonchev–Trinajstić information content (AvgIpc) is 3.79. The van der Waals surface area contributed by atoms with Gasteiger partial charge < -0.3 is 8.98 Å². The number of para-hydroxylation sites is 1. The van der Waals surface area contributed by atoms with E-state index in [9.17, 15) is 0 Å². The van der Waals surface area contributed by atoms with Crippen molar-refractivity contribution in [2.75, 3.05) is 0 Å². The zero-order valence-electron chi connectivity index (χ0n) is 29.0. The van der Waals surface area contributed by atoms with E-state index in [1.54, 1.807) is 0 Å². The molecule has 3 heterocycles. The molecule has 0 aliphatic carbocycles. The van der Waals surface area contributed by atoms with Gasteiger partial charge in [-0.15, -0.1) is 0 Å². The van der Waals surface area contributed by atoms with Gasteiger partial charge in [-0.05, 0) is 70.4 Å². The Morgan fingerprint density at radius 3 is 1.69 bits per heavy atom. The zero-order valence-corrected chi connectivity index (χ0v) is 29.0. The fraction of sp³-hybridized carbons (Fsp3) is 0. The Hall–Kier alpha value is -7.37. The molecule has 0 radical (unpaired) electrons. The average molecular weight is 691 g/mol. The van der Waals surface area contributed by atoms with E-state index in [2.05, 4.69) is 114 Å². The molecule has 3 aromatic heterocycles. The normalized spacial score (nSPS) is 11.7. The van der Waals surface area contributed by atoms with Crippen LogP contribution in [0.3, 0.4) is 0 Å². The highest BCUT2D eigenvalue weighted by molar-refractivity contribution is 6.22. The van der Waals surface area contributed by atoms with Gasteiger partial charge in [-0.3, -0.25) is 0 Å². The van der Waals surface area contributed by atoms with Crippen LogP contribution in [0.25, 0.3) is 105 Å². The summed E-state index contributed by atoms with van der Waals surface area (Å²) >= 11 is 0. The highest BCUT2D eigenvalue weighted by Gasteiger charge is 2.18. The minimum absolute atomic E-state index is 0.625. The Labute approximate surface area is 310 Å². The van der Waals surface area contributed by atoms with Crippen molar-refractivity contribution >= 4 is 54.5 Å². The Bertz CT molecular complexity index is 3160. The summed E-state index contributed by atoms with van der Waals surface area (Å²) in [5.74, 6) is 1.91. The first-order chi connectivity index (χ1) is 26.7. The standard InChI is InChI=1S/C49H30N4O/c1-3-13-32(14-4-1)47-50-48(33-15-5-2-6-16-33)52-49(51-47)36-17-11-18-37(28-36)53-42-25-23-34(30-41(42)46-38-19-8-7-12-31(38)22-26-43(46)53)35-24-27-45-40(29-35)39-20-9-10-21-44(39)54-45/h1-30H. The van der Waals surface area contributed by atoms with Gasteiger partial charge in [0.2, 0.25) is 0 Å². The molecule has 0 spiro atoms. The number of rotatable bonds is 5. The lowest BCUT2D eigenvalue weighted by atomic mass is 9.99.